The number of esters is 1. The molecule has 0 radical (unpaired) electrons. The van der Waals surface area contributed by atoms with Gasteiger partial charge in [0.25, 0.3) is 10.0 Å². The summed E-state index contributed by atoms with van der Waals surface area (Å²) in [5, 5.41) is 0.0911. The van der Waals surface area contributed by atoms with Crippen molar-refractivity contribution in [3.8, 4) is 17.2 Å². The van der Waals surface area contributed by atoms with Crippen molar-refractivity contribution in [1.29, 1.82) is 0 Å². The molecule has 43 heavy (non-hydrogen) atoms. The van der Waals surface area contributed by atoms with Crippen molar-refractivity contribution in [2.75, 3.05) is 18.0 Å². The molecule has 4 rings (SSSR count). The van der Waals surface area contributed by atoms with Crippen LogP contribution in [0.4, 0.5) is 10.5 Å². The molecule has 0 N–H and O–H groups in total. The van der Waals surface area contributed by atoms with E-state index in [1.54, 1.807) is 20.8 Å². The number of nitrogens with zero attached hydrogens (tertiary/aromatic N) is 2. The van der Waals surface area contributed by atoms with Gasteiger partial charge in [-0.15, -0.1) is 0 Å². The average Bonchev–Trinajstić information content (AvgIpc) is 3.32. The van der Waals surface area contributed by atoms with Crippen LogP contribution >= 0.6 is 11.6 Å². The highest BCUT2D eigenvalue weighted by molar-refractivity contribution is 7.93. The van der Waals surface area contributed by atoms with Crippen molar-refractivity contribution in [2.24, 2.45) is 0 Å². The Kier molecular flexibility index (Phi) is 9.46. The molecule has 1 aromatic heterocycles. The molecule has 226 valence electrons. The van der Waals surface area contributed by atoms with E-state index in [0.717, 1.165) is 18.4 Å². The molecule has 0 fully saturated rings. The number of carbonyl (C=O) groups is 2. The molecule has 0 unspecified atom stereocenters. The minimum atomic E-state index is -4.60. The van der Waals surface area contributed by atoms with Crippen molar-refractivity contribution in [3.05, 3.63) is 94.8 Å². The number of ether oxygens (including phenoxy) is 3. The van der Waals surface area contributed by atoms with Crippen molar-refractivity contribution < 1.29 is 36.6 Å². The third-order valence-electron chi connectivity index (χ3n) is 6.03. The molecule has 12 heteroatoms. The zero-order valence-electron chi connectivity index (χ0n) is 24.3. The summed E-state index contributed by atoms with van der Waals surface area (Å²) in [6.07, 6.45) is -0.766. The van der Waals surface area contributed by atoms with Crippen LogP contribution in [0.15, 0.2) is 82.1 Å². The van der Waals surface area contributed by atoms with E-state index in [9.17, 15) is 18.0 Å². The number of aromatic nitrogens is 1. The van der Waals surface area contributed by atoms with Crippen LogP contribution in [-0.4, -0.2) is 44.8 Å². The second-order valence-electron chi connectivity index (χ2n) is 10.4. The first-order valence-corrected chi connectivity index (χ1v) is 15.0. The van der Waals surface area contributed by atoms with Crippen LogP contribution in [0.3, 0.4) is 0 Å². The number of aryl methyl sites for hydroxylation is 1. The predicted octanol–water partition coefficient (Wildman–Crippen LogP) is 6.84. The van der Waals surface area contributed by atoms with E-state index in [4.69, 9.17) is 30.2 Å². The molecule has 0 saturated carbocycles. The van der Waals surface area contributed by atoms with Gasteiger partial charge in [0, 0.05) is 17.0 Å². The first kappa shape index (κ1) is 31.6. The Labute approximate surface area is 255 Å². The maximum absolute atomic E-state index is 13.9. The van der Waals surface area contributed by atoms with Crippen LogP contribution in [0, 0.1) is 6.92 Å². The summed E-state index contributed by atoms with van der Waals surface area (Å²) in [7, 11) is -3.46. The highest BCUT2D eigenvalue weighted by Gasteiger charge is 2.37. The molecule has 10 nitrogen and oxygen atoms in total. The summed E-state index contributed by atoms with van der Waals surface area (Å²) >= 11 is 6.15. The van der Waals surface area contributed by atoms with Gasteiger partial charge >= 0.3 is 12.1 Å². The fraction of sp³-hybridized carbons (Fsp3) is 0.258. The largest absolute Gasteiger partial charge is 0.493 e. The van der Waals surface area contributed by atoms with Gasteiger partial charge in [-0.05, 0) is 82.3 Å². The fourth-order valence-electron chi connectivity index (χ4n) is 4.03. The molecule has 0 aliphatic heterocycles. The van der Waals surface area contributed by atoms with Gasteiger partial charge in [0.1, 0.15) is 17.1 Å². The molecule has 1 heterocycles. The minimum Gasteiger partial charge on any atom is -0.493 e. The SMILES string of the molecule is COC(=O)c1ccc(Cl)cc1N(C(=O)OC(C)(C)C)S(=O)(=O)c1ccc(OCCc2nc(-c3ccccc3)oc2C)cc1. The molecule has 4 aromatic rings. The number of methoxy groups -OCH3 is 1. The lowest BCUT2D eigenvalue weighted by Gasteiger charge is -2.28. The third-order valence-corrected chi connectivity index (χ3v) is 7.96. The zero-order valence-corrected chi connectivity index (χ0v) is 25.9. The van der Waals surface area contributed by atoms with Gasteiger partial charge in [-0.2, -0.15) is 4.31 Å². The zero-order chi connectivity index (χ0) is 31.4. The molecule has 0 aliphatic rings. The standard InChI is InChI=1S/C31H31ClN2O8S/c1-20-26(33-28(41-20)21-9-7-6-8-10-21)17-18-40-23-12-14-24(15-13-23)43(37,38)34(30(36)42-31(2,3)4)27-19-22(32)11-16-25(27)29(35)39-5/h6-16,19H,17-18H2,1-5H3. The van der Waals surface area contributed by atoms with Crippen LogP contribution in [0.2, 0.25) is 5.02 Å². The van der Waals surface area contributed by atoms with E-state index in [-0.39, 0.29) is 27.8 Å². The Morgan fingerprint density at radius 2 is 1.67 bits per heavy atom. The topological polar surface area (TPSA) is 125 Å². The Morgan fingerprint density at radius 1 is 1.00 bits per heavy atom. The lowest BCUT2D eigenvalue weighted by Crippen LogP contribution is -2.41. The van der Waals surface area contributed by atoms with Crippen LogP contribution in [0.5, 0.6) is 5.75 Å². The van der Waals surface area contributed by atoms with Gasteiger partial charge in [-0.3, -0.25) is 0 Å². The predicted molar refractivity (Wildman–Crippen MR) is 161 cm³/mol. The van der Waals surface area contributed by atoms with E-state index in [1.165, 1.54) is 42.5 Å². The fourth-order valence-corrected chi connectivity index (χ4v) is 5.53. The molecular formula is C31H31ClN2O8S. The number of hydrogen-bond donors (Lipinski definition) is 0. The third kappa shape index (κ3) is 7.54. The van der Waals surface area contributed by atoms with E-state index >= 15 is 0 Å². The summed E-state index contributed by atoms with van der Waals surface area (Å²) in [6.45, 7) is 6.84. The number of carbonyl (C=O) groups excluding carboxylic acids is 2. The maximum Gasteiger partial charge on any atom is 0.429 e. The number of amides is 1. The van der Waals surface area contributed by atoms with Crippen molar-refractivity contribution >= 4 is 39.4 Å². The van der Waals surface area contributed by atoms with Gasteiger partial charge in [0.05, 0.1) is 35.6 Å². The second-order valence-corrected chi connectivity index (χ2v) is 12.6. The Balaban J connectivity index is 1.56. The van der Waals surface area contributed by atoms with Crippen molar-refractivity contribution in [2.45, 2.75) is 44.6 Å². The van der Waals surface area contributed by atoms with E-state index in [2.05, 4.69) is 4.98 Å². The summed E-state index contributed by atoms with van der Waals surface area (Å²) in [4.78, 5) is 30.1. The molecule has 0 saturated heterocycles. The normalized spacial score (nSPS) is 11.6. The molecular weight excluding hydrogens is 596 g/mol. The number of sulfonamides is 1. The number of hydrogen-bond acceptors (Lipinski definition) is 9. The van der Waals surface area contributed by atoms with E-state index in [0.29, 0.717) is 28.1 Å². The molecule has 1 amide bonds. The van der Waals surface area contributed by atoms with Crippen LogP contribution in [-0.2, 0) is 25.9 Å². The molecule has 0 aliphatic carbocycles. The molecule has 3 aromatic carbocycles. The number of halogens is 1. The Bertz CT molecular complexity index is 1710. The van der Waals surface area contributed by atoms with Gasteiger partial charge < -0.3 is 18.6 Å². The van der Waals surface area contributed by atoms with Crippen LogP contribution < -0.4 is 9.04 Å². The number of benzene rings is 3. The van der Waals surface area contributed by atoms with Gasteiger partial charge in [-0.25, -0.2) is 23.0 Å². The van der Waals surface area contributed by atoms with E-state index < -0.39 is 27.7 Å². The molecule has 0 atom stereocenters. The highest BCUT2D eigenvalue weighted by atomic mass is 35.5. The summed E-state index contributed by atoms with van der Waals surface area (Å²) < 4.78 is 50.0. The summed E-state index contributed by atoms with van der Waals surface area (Å²) in [6, 6.07) is 18.9. The molecule has 0 spiro atoms. The number of anilines is 1. The van der Waals surface area contributed by atoms with E-state index in [1.807, 2.05) is 37.3 Å². The number of rotatable bonds is 9. The minimum absolute atomic E-state index is 0.0911. The van der Waals surface area contributed by atoms with Crippen LogP contribution in [0.1, 0.15) is 42.6 Å². The van der Waals surface area contributed by atoms with Crippen LogP contribution in [0.25, 0.3) is 11.5 Å². The highest BCUT2D eigenvalue weighted by Crippen LogP contribution is 2.33. The van der Waals surface area contributed by atoms with Gasteiger partial charge in [0.2, 0.25) is 5.89 Å². The average molecular weight is 627 g/mol. The Hall–Kier alpha value is -4.35. The Morgan fingerprint density at radius 3 is 2.30 bits per heavy atom. The van der Waals surface area contributed by atoms with Crippen molar-refractivity contribution in [3.63, 3.8) is 0 Å². The lowest BCUT2D eigenvalue weighted by atomic mass is 10.2. The van der Waals surface area contributed by atoms with Gasteiger partial charge in [-0.1, -0.05) is 29.8 Å². The summed E-state index contributed by atoms with van der Waals surface area (Å²) in [5.74, 6) is 0.730. The first-order valence-electron chi connectivity index (χ1n) is 13.2. The second kappa shape index (κ2) is 12.9. The smallest absolute Gasteiger partial charge is 0.429 e. The molecule has 0 bridgehead atoms. The first-order chi connectivity index (χ1) is 20.3. The van der Waals surface area contributed by atoms with Gasteiger partial charge in [0.15, 0.2) is 0 Å². The van der Waals surface area contributed by atoms with Crippen molar-refractivity contribution in [1.82, 2.24) is 4.98 Å². The maximum atomic E-state index is 13.9. The number of oxazole rings is 1. The monoisotopic (exact) mass is 626 g/mol. The quantitative estimate of drug-likeness (QED) is 0.183. The summed E-state index contributed by atoms with van der Waals surface area (Å²) in [5.41, 5.74) is 0.0588. The lowest BCUT2D eigenvalue weighted by molar-refractivity contribution is 0.0600.